The maximum Gasteiger partial charge on any atom is 0.342 e. The van der Waals surface area contributed by atoms with Crippen molar-refractivity contribution < 1.29 is 9.90 Å². The molecule has 0 unspecified atom stereocenters. The van der Waals surface area contributed by atoms with Gasteiger partial charge in [0, 0.05) is 11.8 Å². The molecule has 0 aliphatic carbocycles. The van der Waals surface area contributed by atoms with Gasteiger partial charge in [-0.25, -0.2) is 14.8 Å². The summed E-state index contributed by atoms with van der Waals surface area (Å²) in [5, 5.41) is 14.1. The summed E-state index contributed by atoms with van der Waals surface area (Å²) in [6.45, 7) is 5.62. The fourth-order valence-electron chi connectivity index (χ4n) is 1.89. The summed E-state index contributed by atoms with van der Waals surface area (Å²) in [7, 11) is 0. The first-order valence-electron chi connectivity index (χ1n) is 6.51. The van der Waals surface area contributed by atoms with E-state index >= 15 is 0 Å². The van der Waals surface area contributed by atoms with Crippen LogP contribution < -0.4 is 5.73 Å². The summed E-state index contributed by atoms with van der Waals surface area (Å²) in [5.41, 5.74) is 6.76. The first-order chi connectivity index (χ1) is 9.93. The van der Waals surface area contributed by atoms with E-state index in [1.165, 1.54) is 16.4 Å². The van der Waals surface area contributed by atoms with Crippen molar-refractivity contribution in [3.05, 3.63) is 23.1 Å². The third-order valence-corrected chi connectivity index (χ3v) is 3.89. The van der Waals surface area contributed by atoms with Crippen molar-refractivity contribution in [2.24, 2.45) is 0 Å². The van der Waals surface area contributed by atoms with Crippen molar-refractivity contribution in [3.63, 3.8) is 0 Å². The molecule has 0 aliphatic rings. The lowest BCUT2D eigenvalue weighted by atomic mass is 10.3. The molecule has 8 heteroatoms. The molecule has 0 aliphatic heterocycles. The Morgan fingerprint density at radius 1 is 1.43 bits per heavy atom. The zero-order valence-electron chi connectivity index (χ0n) is 12.1. The van der Waals surface area contributed by atoms with Crippen LogP contribution in [0.1, 0.15) is 35.2 Å². The Hall–Kier alpha value is -2.09. The molecule has 0 saturated heterocycles. The zero-order valence-corrected chi connectivity index (χ0v) is 12.9. The largest absolute Gasteiger partial charge is 0.477 e. The van der Waals surface area contributed by atoms with Gasteiger partial charge < -0.3 is 10.8 Å². The van der Waals surface area contributed by atoms with Crippen LogP contribution in [0.3, 0.4) is 0 Å². The molecule has 2 aromatic heterocycles. The van der Waals surface area contributed by atoms with Crippen molar-refractivity contribution >= 4 is 23.5 Å². The van der Waals surface area contributed by atoms with Gasteiger partial charge >= 0.3 is 5.97 Å². The standard InChI is InChI=1S/C13H17N5O2S/c1-4-5-21-12-10(13(19)20)11(14)18(17-12)9-6-7(2)15-8(3)16-9/h6H,4-5,14H2,1-3H3,(H,19,20). The first kappa shape index (κ1) is 15.3. The Morgan fingerprint density at radius 3 is 2.71 bits per heavy atom. The van der Waals surface area contributed by atoms with Gasteiger partial charge in [-0.2, -0.15) is 9.78 Å². The lowest BCUT2D eigenvalue weighted by Crippen LogP contribution is -2.08. The molecule has 0 atom stereocenters. The second-order valence-corrected chi connectivity index (χ2v) is 5.63. The molecule has 0 fully saturated rings. The number of carboxylic acids is 1. The van der Waals surface area contributed by atoms with E-state index in [0.29, 0.717) is 16.7 Å². The molecule has 0 aromatic carbocycles. The van der Waals surface area contributed by atoms with Crippen molar-refractivity contribution in [1.29, 1.82) is 0 Å². The molecule has 0 radical (unpaired) electrons. The molecule has 2 aromatic rings. The number of nitrogen functional groups attached to an aromatic ring is 1. The Balaban J connectivity index is 2.56. The second-order valence-electron chi connectivity index (χ2n) is 4.55. The number of aromatic nitrogens is 4. The van der Waals surface area contributed by atoms with E-state index < -0.39 is 5.97 Å². The number of nitrogens with zero attached hydrogens (tertiary/aromatic N) is 4. The van der Waals surface area contributed by atoms with Gasteiger partial charge in [0.05, 0.1) is 0 Å². The molecule has 112 valence electrons. The van der Waals surface area contributed by atoms with Crippen LogP contribution in [0.15, 0.2) is 11.1 Å². The molecule has 7 nitrogen and oxygen atoms in total. The molecule has 0 amide bonds. The van der Waals surface area contributed by atoms with Crippen LogP contribution in [0.25, 0.3) is 5.82 Å². The summed E-state index contributed by atoms with van der Waals surface area (Å²) in [6, 6.07) is 1.72. The topological polar surface area (TPSA) is 107 Å². The van der Waals surface area contributed by atoms with Crippen LogP contribution in [-0.4, -0.2) is 36.6 Å². The fraction of sp³-hybridized carbons (Fsp3) is 0.385. The second kappa shape index (κ2) is 6.13. The van der Waals surface area contributed by atoms with Gasteiger partial charge in [0.2, 0.25) is 0 Å². The monoisotopic (exact) mass is 307 g/mol. The molecular weight excluding hydrogens is 290 g/mol. The van der Waals surface area contributed by atoms with Crippen LogP contribution in [-0.2, 0) is 0 Å². The maximum atomic E-state index is 11.4. The van der Waals surface area contributed by atoms with Crippen LogP contribution in [0.2, 0.25) is 0 Å². The predicted octanol–water partition coefficient (Wildman–Crippen LogP) is 2.06. The first-order valence-corrected chi connectivity index (χ1v) is 7.49. The number of thioether (sulfide) groups is 1. The number of nitrogens with two attached hydrogens (primary N) is 1. The number of rotatable bonds is 5. The highest BCUT2D eigenvalue weighted by atomic mass is 32.2. The normalized spacial score (nSPS) is 10.8. The van der Waals surface area contributed by atoms with E-state index in [4.69, 9.17) is 5.73 Å². The molecule has 2 heterocycles. The molecule has 0 bridgehead atoms. The number of carbonyl (C=O) groups is 1. The molecule has 3 N–H and O–H groups in total. The molecule has 0 saturated carbocycles. The van der Waals surface area contributed by atoms with Crippen molar-refractivity contribution in [3.8, 4) is 5.82 Å². The van der Waals surface area contributed by atoms with Crippen LogP contribution in [0.4, 0.5) is 5.82 Å². The SMILES string of the molecule is CCCSc1nn(-c2cc(C)nc(C)n2)c(N)c1C(=O)O. The number of carboxylic acid groups (broad SMARTS) is 1. The van der Waals surface area contributed by atoms with Crippen LogP contribution >= 0.6 is 11.8 Å². The molecule has 21 heavy (non-hydrogen) atoms. The van der Waals surface area contributed by atoms with E-state index in [-0.39, 0.29) is 11.4 Å². The van der Waals surface area contributed by atoms with Gasteiger partial charge in [-0.05, 0) is 26.0 Å². The van der Waals surface area contributed by atoms with Gasteiger partial charge in [0.1, 0.15) is 22.2 Å². The Bertz CT molecular complexity index is 663. The average Bonchev–Trinajstić information content (AvgIpc) is 2.72. The third kappa shape index (κ3) is 3.15. The maximum absolute atomic E-state index is 11.4. The van der Waals surface area contributed by atoms with E-state index in [1.54, 1.807) is 13.0 Å². The van der Waals surface area contributed by atoms with E-state index in [0.717, 1.165) is 17.9 Å². The van der Waals surface area contributed by atoms with E-state index in [1.807, 2.05) is 13.8 Å². The van der Waals surface area contributed by atoms with E-state index in [2.05, 4.69) is 15.1 Å². The summed E-state index contributed by atoms with van der Waals surface area (Å²) in [4.78, 5) is 19.9. The number of anilines is 1. The van der Waals surface area contributed by atoms with Gasteiger partial charge in [0.15, 0.2) is 5.82 Å². The zero-order chi connectivity index (χ0) is 15.6. The number of aromatic carboxylic acids is 1. The Kier molecular flexibility index (Phi) is 4.46. The highest BCUT2D eigenvalue weighted by molar-refractivity contribution is 7.99. The summed E-state index contributed by atoms with van der Waals surface area (Å²) < 4.78 is 1.36. The minimum atomic E-state index is -1.08. The predicted molar refractivity (Wildman–Crippen MR) is 81.0 cm³/mol. The number of aryl methyl sites for hydroxylation is 2. The lowest BCUT2D eigenvalue weighted by molar-refractivity contribution is 0.0694. The smallest absolute Gasteiger partial charge is 0.342 e. The summed E-state index contributed by atoms with van der Waals surface area (Å²) in [6.07, 6.45) is 0.919. The summed E-state index contributed by atoms with van der Waals surface area (Å²) in [5.74, 6) is 0.833. The van der Waals surface area contributed by atoms with E-state index in [9.17, 15) is 9.90 Å². The Labute approximate surface area is 126 Å². The van der Waals surface area contributed by atoms with Crippen LogP contribution in [0.5, 0.6) is 0 Å². The van der Waals surface area contributed by atoms with Gasteiger partial charge in [-0.15, -0.1) is 11.8 Å². The minimum absolute atomic E-state index is 0.0300. The third-order valence-electron chi connectivity index (χ3n) is 2.72. The number of hydrogen-bond donors (Lipinski definition) is 2. The van der Waals surface area contributed by atoms with Gasteiger partial charge in [-0.3, -0.25) is 0 Å². The molecule has 0 spiro atoms. The minimum Gasteiger partial charge on any atom is -0.477 e. The van der Waals surface area contributed by atoms with Crippen molar-refractivity contribution in [2.45, 2.75) is 32.2 Å². The van der Waals surface area contributed by atoms with Crippen LogP contribution in [0, 0.1) is 13.8 Å². The lowest BCUT2D eigenvalue weighted by Gasteiger charge is -2.05. The van der Waals surface area contributed by atoms with Crippen molar-refractivity contribution in [1.82, 2.24) is 19.7 Å². The summed E-state index contributed by atoms with van der Waals surface area (Å²) >= 11 is 1.38. The highest BCUT2D eigenvalue weighted by Gasteiger charge is 2.23. The van der Waals surface area contributed by atoms with Gasteiger partial charge in [-0.1, -0.05) is 6.92 Å². The fourth-order valence-corrected chi connectivity index (χ4v) is 2.76. The number of hydrogen-bond acceptors (Lipinski definition) is 6. The molecular formula is C13H17N5O2S. The molecule has 2 rings (SSSR count). The highest BCUT2D eigenvalue weighted by Crippen LogP contribution is 2.28. The van der Waals surface area contributed by atoms with Gasteiger partial charge in [0.25, 0.3) is 0 Å². The Morgan fingerprint density at radius 2 is 2.14 bits per heavy atom. The average molecular weight is 307 g/mol. The van der Waals surface area contributed by atoms with Crippen molar-refractivity contribution in [2.75, 3.05) is 11.5 Å². The quantitative estimate of drug-likeness (QED) is 0.814.